The van der Waals surface area contributed by atoms with E-state index < -0.39 is 11.6 Å². The number of ether oxygens (including phenoxy) is 1. The highest BCUT2D eigenvalue weighted by Crippen LogP contribution is 2.32. The average Bonchev–Trinajstić information content (AvgIpc) is 2.95. The van der Waals surface area contributed by atoms with Gasteiger partial charge in [-0.1, -0.05) is 13.8 Å². The third-order valence-electron chi connectivity index (χ3n) is 2.89. The van der Waals surface area contributed by atoms with Crippen LogP contribution in [0.4, 0.5) is 0 Å². The summed E-state index contributed by atoms with van der Waals surface area (Å²) < 4.78 is 5.15. The summed E-state index contributed by atoms with van der Waals surface area (Å²) in [5, 5.41) is 2.72. The number of rotatable bonds is 6. The van der Waals surface area contributed by atoms with Gasteiger partial charge in [-0.3, -0.25) is 4.79 Å². The first-order valence-corrected chi connectivity index (χ1v) is 6.55. The van der Waals surface area contributed by atoms with Gasteiger partial charge in [0.25, 0.3) is 0 Å². The molecule has 19 heavy (non-hydrogen) atoms. The van der Waals surface area contributed by atoms with Gasteiger partial charge in [0.2, 0.25) is 5.91 Å². The molecule has 0 aliphatic heterocycles. The van der Waals surface area contributed by atoms with Crippen LogP contribution in [0.5, 0.6) is 0 Å². The van der Waals surface area contributed by atoms with Crippen LogP contribution in [-0.2, 0) is 14.3 Å². The fraction of sp³-hybridized carbons (Fsp3) is 0.846. The highest BCUT2D eigenvalue weighted by atomic mass is 35.5. The topological polar surface area (TPSA) is 81.4 Å². The van der Waals surface area contributed by atoms with Gasteiger partial charge in [-0.15, -0.1) is 12.4 Å². The zero-order chi connectivity index (χ0) is 13.9. The fourth-order valence-corrected chi connectivity index (χ4v) is 1.66. The summed E-state index contributed by atoms with van der Waals surface area (Å²) in [6.45, 7) is 7.57. The second kappa shape index (κ2) is 7.10. The molecule has 1 fully saturated rings. The molecule has 1 atom stereocenters. The van der Waals surface area contributed by atoms with Crippen molar-refractivity contribution < 1.29 is 14.3 Å². The van der Waals surface area contributed by atoms with E-state index in [2.05, 4.69) is 5.32 Å². The lowest BCUT2D eigenvalue weighted by atomic mass is 10.0. The zero-order valence-corrected chi connectivity index (χ0v) is 12.9. The summed E-state index contributed by atoms with van der Waals surface area (Å²) >= 11 is 0. The molecular weight excluding hydrogens is 268 g/mol. The van der Waals surface area contributed by atoms with E-state index >= 15 is 0 Å². The van der Waals surface area contributed by atoms with Crippen LogP contribution in [0.1, 0.15) is 47.0 Å². The second-order valence-corrected chi connectivity index (χ2v) is 5.80. The van der Waals surface area contributed by atoms with E-state index in [0.29, 0.717) is 25.2 Å². The summed E-state index contributed by atoms with van der Waals surface area (Å²) in [7, 11) is 0. The Labute approximate surface area is 121 Å². The molecule has 0 aromatic rings. The van der Waals surface area contributed by atoms with Gasteiger partial charge >= 0.3 is 5.97 Å². The van der Waals surface area contributed by atoms with Gasteiger partial charge in [0, 0.05) is 0 Å². The predicted octanol–water partition coefficient (Wildman–Crippen LogP) is 1.38. The maximum Gasteiger partial charge on any atom is 0.328 e. The van der Waals surface area contributed by atoms with E-state index in [9.17, 15) is 9.59 Å². The van der Waals surface area contributed by atoms with E-state index in [0.717, 1.165) is 0 Å². The molecule has 1 aliphatic carbocycles. The van der Waals surface area contributed by atoms with Crippen molar-refractivity contribution in [3.8, 4) is 0 Å². The molecule has 5 nitrogen and oxygen atoms in total. The van der Waals surface area contributed by atoms with E-state index in [-0.39, 0.29) is 30.4 Å². The molecule has 0 aromatic heterocycles. The van der Waals surface area contributed by atoms with Crippen molar-refractivity contribution in [1.29, 1.82) is 0 Å². The average molecular weight is 293 g/mol. The summed E-state index contributed by atoms with van der Waals surface area (Å²) in [4.78, 5) is 23.8. The van der Waals surface area contributed by atoms with Gasteiger partial charge in [-0.05, 0) is 39.0 Å². The molecule has 0 aromatic carbocycles. The number of nitrogens with two attached hydrogens (primary N) is 1. The molecule has 0 spiro atoms. The van der Waals surface area contributed by atoms with Crippen LogP contribution in [0.3, 0.4) is 0 Å². The molecule has 1 rings (SSSR count). The molecule has 1 saturated carbocycles. The van der Waals surface area contributed by atoms with Gasteiger partial charge in [0.1, 0.15) is 6.04 Å². The first kappa shape index (κ1) is 18.2. The fourth-order valence-electron chi connectivity index (χ4n) is 1.66. The Morgan fingerprint density at radius 1 is 1.26 bits per heavy atom. The van der Waals surface area contributed by atoms with Gasteiger partial charge in [0.05, 0.1) is 11.6 Å². The first-order valence-electron chi connectivity index (χ1n) is 6.55. The van der Waals surface area contributed by atoms with Gasteiger partial charge in [0.15, 0.2) is 0 Å². The largest absolute Gasteiger partial charge is 0.461 e. The summed E-state index contributed by atoms with van der Waals surface area (Å²) in [6, 6.07) is -0.596. The highest BCUT2D eigenvalue weighted by molar-refractivity contribution is 5.92. The SMILES string of the molecule is CC(C)C[C@H](NC(=O)C1(N)CC1)C(=O)OC(C)C.Cl. The smallest absolute Gasteiger partial charge is 0.328 e. The lowest BCUT2D eigenvalue weighted by Crippen LogP contribution is -2.51. The lowest BCUT2D eigenvalue weighted by Gasteiger charge is -2.22. The quantitative estimate of drug-likeness (QED) is 0.725. The Balaban J connectivity index is 0.00000324. The molecule has 0 heterocycles. The Kier molecular flexibility index (Phi) is 6.80. The Morgan fingerprint density at radius 2 is 1.79 bits per heavy atom. The number of esters is 1. The van der Waals surface area contributed by atoms with Gasteiger partial charge in [-0.25, -0.2) is 4.79 Å². The molecule has 1 amide bonds. The Morgan fingerprint density at radius 3 is 2.16 bits per heavy atom. The maximum absolute atomic E-state index is 11.9. The highest BCUT2D eigenvalue weighted by Gasteiger charge is 2.47. The molecule has 6 heteroatoms. The van der Waals surface area contributed by atoms with E-state index in [1.54, 1.807) is 13.8 Å². The Bertz CT molecular complexity index is 328. The Hall–Kier alpha value is -0.810. The van der Waals surface area contributed by atoms with Crippen molar-refractivity contribution in [1.82, 2.24) is 5.32 Å². The molecule has 112 valence electrons. The molecule has 0 bridgehead atoms. The molecule has 3 N–H and O–H groups in total. The van der Waals surface area contributed by atoms with Crippen molar-refractivity contribution >= 4 is 24.3 Å². The zero-order valence-electron chi connectivity index (χ0n) is 12.1. The van der Waals surface area contributed by atoms with Crippen molar-refractivity contribution in [3.05, 3.63) is 0 Å². The lowest BCUT2D eigenvalue weighted by molar-refractivity contribution is -0.152. The number of halogens is 1. The second-order valence-electron chi connectivity index (χ2n) is 5.80. The van der Waals surface area contributed by atoms with E-state index in [4.69, 9.17) is 10.5 Å². The molecule has 0 saturated heterocycles. The van der Waals surface area contributed by atoms with Crippen molar-refractivity contribution in [2.45, 2.75) is 64.6 Å². The normalized spacial score (nSPS) is 17.6. The maximum atomic E-state index is 11.9. The van der Waals surface area contributed by atoms with Crippen LogP contribution in [0, 0.1) is 5.92 Å². The summed E-state index contributed by atoms with van der Waals surface area (Å²) in [5.41, 5.74) is 5.05. The monoisotopic (exact) mass is 292 g/mol. The first-order chi connectivity index (χ1) is 8.24. The van der Waals surface area contributed by atoms with Gasteiger partial charge in [-0.2, -0.15) is 0 Å². The minimum Gasteiger partial charge on any atom is -0.461 e. The number of amides is 1. The van der Waals surface area contributed by atoms with Gasteiger partial charge < -0.3 is 15.8 Å². The number of hydrogen-bond acceptors (Lipinski definition) is 4. The van der Waals surface area contributed by atoms with Crippen LogP contribution < -0.4 is 11.1 Å². The summed E-state index contributed by atoms with van der Waals surface area (Å²) in [5.74, 6) is -0.326. The van der Waals surface area contributed by atoms with Crippen LogP contribution >= 0.6 is 12.4 Å². The number of carbonyl (C=O) groups excluding carboxylic acids is 2. The third kappa shape index (κ3) is 5.78. The van der Waals surface area contributed by atoms with Crippen LogP contribution in [-0.4, -0.2) is 29.6 Å². The summed E-state index contributed by atoms with van der Waals surface area (Å²) in [6.07, 6.45) is 1.75. The van der Waals surface area contributed by atoms with Crippen LogP contribution in [0.15, 0.2) is 0 Å². The number of carbonyl (C=O) groups is 2. The molecule has 1 aliphatic rings. The number of nitrogens with one attached hydrogen (secondary N) is 1. The van der Waals surface area contributed by atoms with Crippen molar-refractivity contribution in [3.63, 3.8) is 0 Å². The standard InChI is InChI=1S/C13H24N2O3.ClH/c1-8(2)7-10(11(16)18-9(3)4)15-12(17)13(14)5-6-13;/h8-10H,5-7,14H2,1-4H3,(H,15,17);1H/t10-;/m0./s1. The van der Waals surface area contributed by atoms with Crippen LogP contribution in [0.2, 0.25) is 0 Å². The van der Waals surface area contributed by atoms with Crippen molar-refractivity contribution in [2.75, 3.05) is 0 Å². The minimum atomic E-state index is -0.757. The van der Waals surface area contributed by atoms with E-state index in [1.807, 2.05) is 13.8 Å². The van der Waals surface area contributed by atoms with E-state index in [1.165, 1.54) is 0 Å². The molecular formula is C13H25ClN2O3. The number of hydrogen-bond donors (Lipinski definition) is 2. The molecule has 0 unspecified atom stereocenters. The van der Waals surface area contributed by atoms with Crippen LogP contribution in [0.25, 0.3) is 0 Å². The van der Waals surface area contributed by atoms with Crippen molar-refractivity contribution in [2.24, 2.45) is 11.7 Å². The third-order valence-corrected chi connectivity index (χ3v) is 2.89. The minimum absolute atomic E-state index is 0. The predicted molar refractivity (Wildman–Crippen MR) is 76.0 cm³/mol. The molecule has 0 radical (unpaired) electrons.